The third kappa shape index (κ3) is 6.91. The summed E-state index contributed by atoms with van der Waals surface area (Å²) in [6.45, 7) is 4.27. The predicted molar refractivity (Wildman–Crippen MR) is 75.4 cm³/mol. The van der Waals surface area contributed by atoms with Crippen molar-refractivity contribution in [2.24, 2.45) is 0 Å². The maximum atomic E-state index is 13.8. The molecule has 1 N–H and O–H groups in total. The maximum Gasteiger partial charge on any atom is 0.401 e. The smallest absolute Gasteiger partial charge is 0.313 e. The van der Waals surface area contributed by atoms with E-state index in [0.717, 1.165) is 18.5 Å². The molecule has 21 heavy (non-hydrogen) atoms. The van der Waals surface area contributed by atoms with Crippen molar-refractivity contribution in [3.8, 4) is 0 Å². The molecule has 0 unspecified atom stereocenters. The quantitative estimate of drug-likeness (QED) is 0.582. The normalized spacial score (nSPS) is 12.1. The van der Waals surface area contributed by atoms with Gasteiger partial charge in [0.05, 0.1) is 6.54 Å². The van der Waals surface area contributed by atoms with E-state index in [1.54, 1.807) is 19.1 Å². The van der Waals surface area contributed by atoms with Crippen LogP contribution < -0.4 is 5.32 Å². The van der Waals surface area contributed by atoms with Crippen LogP contribution in [0.1, 0.15) is 31.4 Å². The first-order chi connectivity index (χ1) is 9.85. The van der Waals surface area contributed by atoms with E-state index in [-0.39, 0.29) is 13.1 Å². The number of rotatable bonds is 8. The molecule has 0 saturated carbocycles. The van der Waals surface area contributed by atoms with Crippen molar-refractivity contribution in [2.45, 2.75) is 39.5 Å². The molecule has 120 valence electrons. The van der Waals surface area contributed by atoms with Gasteiger partial charge in [-0.15, -0.1) is 0 Å². The van der Waals surface area contributed by atoms with Crippen LogP contribution in [-0.2, 0) is 13.1 Å². The lowest BCUT2D eigenvalue weighted by molar-refractivity contribution is -0.146. The van der Waals surface area contributed by atoms with Crippen LogP contribution in [-0.4, -0.2) is 30.7 Å². The van der Waals surface area contributed by atoms with Crippen molar-refractivity contribution < 1.29 is 17.6 Å². The second-order valence-electron chi connectivity index (χ2n) is 5.02. The van der Waals surface area contributed by atoms with Gasteiger partial charge in [-0.1, -0.05) is 26.0 Å². The lowest BCUT2D eigenvalue weighted by Gasteiger charge is -2.22. The van der Waals surface area contributed by atoms with Crippen molar-refractivity contribution in [1.29, 1.82) is 0 Å². The van der Waals surface area contributed by atoms with Gasteiger partial charge in [0.2, 0.25) is 0 Å². The fourth-order valence-corrected chi connectivity index (χ4v) is 2.04. The molecule has 1 rings (SSSR count). The SMILES string of the molecule is CCCNCc1ccc(F)c(CN(CC)CC(F)(F)F)c1. The molecule has 6 heteroatoms. The van der Waals surface area contributed by atoms with E-state index in [1.807, 2.05) is 6.92 Å². The van der Waals surface area contributed by atoms with Crippen LogP contribution in [0.4, 0.5) is 17.6 Å². The summed E-state index contributed by atoms with van der Waals surface area (Å²) in [6.07, 6.45) is -3.28. The van der Waals surface area contributed by atoms with Gasteiger partial charge in [-0.05, 0) is 31.1 Å². The minimum absolute atomic E-state index is 0.0382. The van der Waals surface area contributed by atoms with E-state index in [0.29, 0.717) is 12.1 Å². The van der Waals surface area contributed by atoms with E-state index < -0.39 is 18.5 Å². The molecule has 0 aliphatic carbocycles. The number of alkyl halides is 3. The van der Waals surface area contributed by atoms with Gasteiger partial charge in [-0.2, -0.15) is 13.2 Å². The Labute approximate surface area is 123 Å². The van der Waals surface area contributed by atoms with Crippen LogP contribution in [0.3, 0.4) is 0 Å². The number of halogens is 4. The standard InChI is InChI=1S/C15H22F4N2/c1-3-7-20-9-12-5-6-14(16)13(8-12)10-21(4-2)11-15(17,18)19/h5-6,8,20H,3-4,7,9-11H2,1-2H3. The van der Waals surface area contributed by atoms with E-state index in [9.17, 15) is 17.6 Å². The minimum atomic E-state index is -4.27. The Bertz CT molecular complexity index is 432. The Hall–Kier alpha value is -1.14. The zero-order chi connectivity index (χ0) is 15.9. The van der Waals surface area contributed by atoms with E-state index in [2.05, 4.69) is 5.32 Å². The molecule has 0 aliphatic heterocycles. The van der Waals surface area contributed by atoms with E-state index in [4.69, 9.17) is 0 Å². The second-order valence-corrected chi connectivity index (χ2v) is 5.02. The molecular weight excluding hydrogens is 284 g/mol. The molecule has 0 atom stereocenters. The largest absolute Gasteiger partial charge is 0.401 e. The first kappa shape index (κ1) is 17.9. The maximum absolute atomic E-state index is 13.8. The van der Waals surface area contributed by atoms with Gasteiger partial charge >= 0.3 is 6.18 Å². The number of hydrogen-bond donors (Lipinski definition) is 1. The summed E-state index contributed by atoms with van der Waals surface area (Å²) in [6, 6.07) is 4.61. The first-order valence-electron chi connectivity index (χ1n) is 7.12. The lowest BCUT2D eigenvalue weighted by atomic mass is 10.1. The van der Waals surface area contributed by atoms with Gasteiger partial charge in [0.15, 0.2) is 0 Å². The summed E-state index contributed by atoms with van der Waals surface area (Å²) in [4.78, 5) is 1.18. The molecule has 0 aromatic heterocycles. The Kier molecular flexibility index (Phi) is 7.11. The number of benzene rings is 1. The van der Waals surface area contributed by atoms with Gasteiger partial charge in [0, 0.05) is 18.7 Å². The fraction of sp³-hybridized carbons (Fsp3) is 0.600. The average molecular weight is 306 g/mol. The Morgan fingerprint density at radius 2 is 1.90 bits per heavy atom. The molecule has 0 heterocycles. The second kappa shape index (κ2) is 8.34. The highest BCUT2D eigenvalue weighted by Gasteiger charge is 2.30. The highest BCUT2D eigenvalue weighted by atomic mass is 19.4. The highest BCUT2D eigenvalue weighted by Crippen LogP contribution is 2.19. The Morgan fingerprint density at radius 1 is 1.19 bits per heavy atom. The summed E-state index contributed by atoms with van der Waals surface area (Å²) in [5.74, 6) is -0.463. The van der Waals surface area contributed by atoms with Crippen LogP contribution in [0.25, 0.3) is 0 Å². The first-order valence-corrected chi connectivity index (χ1v) is 7.12. The van der Waals surface area contributed by atoms with Crippen LogP contribution >= 0.6 is 0 Å². The zero-order valence-corrected chi connectivity index (χ0v) is 12.4. The molecule has 0 radical (unpaired) electrons. The molecule has 0 amide bonds. The fourth-order valence-electron chi connectivity index (χ4n) is 2.04. The van der Waals surface area contributed by atoms with Gasteiger partial charge in [0.25, 0.3) is 0 Å². The molecule has 1 aromatic rings. The molecule has 0 fully saturated rings. The number of nitrogens with one attached hydrogen (secondary N) is 1. The lowest BCUT2D eigenvalue weighted by Crippen LogP contribution is -2.33. The predicted octanol–water partition coefficient (Wildman–Crippen LogP) is 3.71. The molecule has 0 saturated heterocycles. The summed E-state index contributed by atoms with van der Waals surface area (Å²) < 4.78 is 51.1. The Morgan fingerprint density at radius 3 is 2.48 bits per heavy atom. The highest BCUT2D eigenvalue weighted by molar-refractivity contribution is 5.25. The van der Waals surface area contributed by atoms with Crippen molar-refractivity contribution in [1.82, 2.24) is 10.2 Å². The molecule has 2 nitrogen and oxygen atoms in total. The molecule has 0 spiro atoms. The minimum Gasteiger partial charge on any atom is -0.313 e. The third-order valence-electron chi connectivity index (χ3n) is 3.11. The van der Waals surface area contributed by atoms with Crippen molar-refractivity contribution >= 4 is 0 Å². The zero-order valence-electron chi connectivity index (χ0n) is 12.4. The number of nitrogens with zero attached hydrogens (tertiary/aromatic N) is 1. The molecular formula is C15H22F4N2. The number of hydrogen-bond acceptors (Lipinski definition) is 2. The van der Waals surface area contributed by atoms with E-state index in [1.165, 1.54) is 11.0 Å². The topological polar surface area (TPSA) is 15.3 Å². The molecule has 0 aliphatic rings. The summed E-state index contributed by atoms with van der Waals surface area (Å²) >= 11 is 0. The van der Waals surface area contributed by atoms with Gasteiger partial charge in [-0.25, -0.2) is 4.39 Å². The average Bonchev–Trinajstić information content (AvgIpc) is 2.40. The van der Waals surface area contributed by atoms with Gasteiger partial charge in [0.1, 0.15) is 5.82 Å². The summed E-state index contributed by atoms with van der Waals surface area (Å²) in [7, 11) is 0. The van der Waals surface area contributed by atoms with E-state index >= 15 is 0 Å². The van der Waals surface area contributed by atoms with Crippen LogP contribution in [0.15, 0.2) is 18.2 Å². The van der Waals surface area contributed by atoms with Crippen LogP contribution in [0, 0.1) is 5.82 Å². The van der Waals surface area contributed by atoms with Crippen LogP contribution in [0.2, 0.25) is 0 Å². The monoisotopic (exact) mass is 306 g/mol. The third-order valence-corrected chi connectivity index (χ3v) is 3.11. The van der Waals surface area contributed by atoms with Crippen molar-refractivity contribution in [3.63, 3.8) is 0 Å². The summed E-state index contributed by atoms with van der Waals surface area (Å²) in [5, 5.41) is 3.19. The van der Waals surface area contributed by atoms with Crippen molar-refractivity contribution in [3.05, 3.63) is 35.1 Å². The Balaban J connectivity index is 2.73. The van der Waals surface area contributed by atoms with Gasteiger partial charge in [-0.3, -0.25) is 4.90 Å². The van der Waals surface area contributed by atoms with Crippen LogP contribution in [0.5, 0.6) is 0 Å². The molecule has 1 aromatic carbocycles. The van der Waals surface area contributed by atoms with Gasteiger partial charge < -0.3 is 5.32 Å². The van der Waals surface area contributed by atoms with Crippen molar-refractivity contribution in [2.75, 3.05) is 19.6 Å². The molecule has 0 bridgehead atoms. The summed E-state index contributed by atoms with van der Waals surface area (Å²) in [5.41, 5.74) is 1.18.